The number of rotatable bonds is 3. The quantitative estimate of drug-likeness (QED) is 0.731. The first kappa shape index (κ1) is 10.5. The topological polar surface area (TPSA) is 39.2 Å². The Morgan fingerprint density at radius 3 is 3.27 bits per heavy atom. The molecule has 2 rings (SSSR count). The van der Waals surface area contributed by atoms with Gasteiger partial charge in [-0.2, -0.15) is 11.8 Å². The summed E-state index contributed by atoms with van der Waals surface area (Å²) in [5.74, 6) is 1.90. The molecule has 2 heterocycles. The molecule has 0 aliphatic carbocycles. The van der Waals surface area contributed by atoms with Crippen LogP contribution in [0.25, 0.3) is 0 Å². The van der Waals surface area contributed by atoms with E-state index in [2.05, 4.69) is 4.98 Å². The molecule has 3 nitrogen and oxygen atoms in total. The maximum absolute atomic E-state index is 11.5. The van der Waals surface area contributed by atoms with Crippen LogP contribution >= 0.6 is 11.8 Å². The summed E-state index contributed by atoms with van der Waals surface area (Å²) in [5, 5.41) is 0. The lowest BCUT2D eigenvalue weighted by Crippen LogP contribution is -2.18. The lowest BCUT2D eigenvalue weighted by Gasteiger charge is -2.10. The maximum Gasteiger partial charge on any atom is 0.310 e. The fourth-order valence-corrected chi connectivity index (χ4v) is 2.60. The maximum atomic E-state index is 11.5. The Morgan fingerprint density at radius 1 is 1.67 bits per heavy atom. The summed E-state index contributed by atoms with van der Waals surface area (Å²) in [6, 6.07) is 3.71. The molecule has 4 heteroatoms. The molecule has 0 bridgehead atoms. The summed E-state index contributed by atoms with van der Waals surface area (Å²) < 4.78 is 5.33. The number of nitrogens with zero attached hydrogens (tertiary/aromatic N) is 1. The van der Waals surface area contributed by atoms with Crippen LogP contribution in [0.3, 0.4) is 0 Å². The van der Waals surface area contributed by atoms with Gasteiger partial charge in [0, 0.05) is 18.1 Å². The molecule has 0 saturated carbocycles. The second-order valence-electron chi connectivity index (χ2n) is 3.51. The molecule has 1 saturated heterocycles. The van der Waals surface area contributed by atoms with E-state index in [-0.39, 0.29) is 12.1 Å². The molecular weight excluding hydrogens is 210 g/mol. The van der Waals surface area contributed by atoms with Crippen molar-refractivity contribution < 1.29 is 9.53 Å². The minimum absolute atomic E-state index is 0.124. The van der Waals surface area contributed by atoms with Crippen molar-refractivity contribution >= 4 is 17.7 Å². The number of ether oxygens (including phenoxy) is 1. The molecule has 0 spiro atoms. The predicted octanol–water partition coefficient (Wildman–Crippen LogP) is 1.67. The highest BCUT2D eigenvalue weighted by molar-refractivity contribution is 7.99. The SMILES string of the molecule is O=C(Cc1cccnc1)OC1CCSC1. The van der Waals surface area contributed by atoms with E-state index in [1.165, 1.54) is 0 Å². The number of carbonyl (C=O) groups is 1. The predicted molar refractivity (Wildman–Crippen MR) is 59.8 cm³/mol. The normalized spacial score (nSPS) is 20.1. The van der Waals surface area contributed by atoms with Gasteiger partial charge < -0.3 is 4.74 Å². The summed E-state index contributed by atoms with van der Waals surface area (Å²) >= 11 is 1.84. The van der Waals surface area contributed by atoms with E-state index in [1.54, 1.807) is 12.4 Å². The van der Waals surface area contributed by atoms with Crippen molar-refractivity contribution in [3.8, 4) is 0 Å². The molecule has 0 amide bonds. The van der Waals surface area contributed by atoms with Gasteiger partial charge in [0.15, 0.2) is 0 Å². The second kappa shape index (κ2) is 5.16. The number of hydrogen-bond acceptors (Lipinski definition) is 4. The highest BCUT2D eigenvalue weighted by Gasteiger charge is 2.19. The fraction of sp³-hybridized carbons (Fsp3) is 0.455. The van der Waals surface area contributed by atoms with Gasteiger partial charge >= 0.3 is 5.97 Å². The van der Waals surface area contributed by atoms with Gasteiger partial charge in [-0.3, -0.25) is 9.78 Å². The van der Waals surface area contributed by atoms with E-state index in [1.807, 2.05) is 23.9 Å². The van der Waals surface area contributed by atoms with Crippen LogP contribution in [-0.4, -0.2) is 28.6 Å². The molecule has 1 atom stereocenters. The number of hydrogen-bond donors (Lipinski definition) is 0. The van der Waals surface area contributed by atoms with Gasteiger partial charge in [-0.1, -0.05) is 6.07 Å². The Kier molecular flexibility index (Phi) is 3.61. The Bertz CT molecular complexity index is 323. The van der Waals surface area contributed by atoms with Crippen molar-refractivity contribution in [1.82, 2.24) is 4.98 Å². The van der Waals surface area contributed by atoms with Gasteiger partial charge in [0.25, 0.3) is 0 Å². The lowest BCUT2D eigenvalue weighted by atomic mass is 10.2. The molecule has 0 radical (unpaired) electrons. The van der Waals surface area contributed by atoms with E-state index >= 15 is 0 Å². The smallest absolute Gasteiger partial charge is 0.310 e. The summed E-state index contributed by atoms with van der Waals surface area (Å²) in [6.07, 6.45) is 4.84. The molecule has 80 valence electrons. The molecule has 1 fully saturated rings. The fourth-order valence-electron chi connectivity index (χ4n) is 1.50. The van der Waals surface area contributed by atoms with Crippen LogP contribution in [0.15, 0.2) is 24.5 Å². The number of carbonyl (C=O) groups excluding carboxylic acids is 1. The third-order valence-electron chi connectivity index (χ3n) is 2.26. The van der Waals surface area contributed by atoms with E-state index in [0.29, 0.717) is 6.42 Å². The van der Waals surface area contributed by atoms with Crippen molar-refractivity contribution in [1.29, 1.82) is 0 Å². The largest absolute Gasteiger partial charge is 0.461 e. The van der Waals surface area contributed by atoms with Crippen molar-refractivity contribution in [3.63, 3.8) is 0 Å². The minimum Gasteiger partial charge on any atom is -0.461 e. The van der Waals surface area contributed by atoms with Crippen LogP contribution in [-0.2, 0) is 16.0 Å². The van der Waals surface area contributed by atoms with Crippen molar-refractivity contribution in [2.24, 2.45) is 0 Å². The summed E-state index contributed by atoms with van der Waals surface area (Å²) in [4.78, 5) is 15.5. The molecular formula is C11H13NO2S. The third-order valence-corrected chi connectivity index (χ3v) is 3.39. The Balaban J connectivity index is 1.82. The molecule has 1 aromatic rings. The molecule has 1 aliphatic heterocycles. The first-order valence-corrected chi connectivity index (χ1v) is 6.16. The molecule has 0 N–H and O–H groups in total. The Labute approximate surface area is 93.2 Å². The summed E-state index contributed by atoms with van der Waals surface area (Å²) in [7, 11) is 0. The standard InChI is InChI=1S/C11H13NO2S/c13-11(14-10-3-5-15-8-10)6-9-2-1-4-12-7-9/h1-2,4,7,10H,3,5-6,8H2. The molecule has 0 aromatic carbocycles. The van der Waals surface area contributed by atoms with Gasteiger partial charge in [0.05, 0.1) is 6.42 Å². The minimum atomic E-state index is -0.143. The Hall–Kier alpha value is -1.03. The first-order valence-electron chi connectivity index (χ1n) is 5.01. The zero-order chi connectivity index (χ0) is 10.5. The summed E-state index contributed by atoms with van der Waals surface area (Å²) in [5.41, 5.74) is 0.910. The van der Waals surface area contributed by atoms with Crippen molar-refractivity contribution in [2.75, 3.05) is 11.5 Å². The molecule has 1 unspecified atom stereocenters. The second-order valence-corrected chi connectivity index (χ2v) is 4.66. The highest BCUT2D eigenvalue weighted by Crippen LogP contribution is 2.20. The van der Waals surface area contributed by atoms with Gasteiger partial charge in [-0.15, -0.1) is 0 Å². The van der Waals surface area contributed by atoms with E-state index in [4.69, 9.17) is 4.74 Å². The number of pyridine rings is 1. The van der Waals surface area contributed by atoms with Crippen LogP contribution in [0.5, 0.6) is 0 Å². The van der Waals surface area contributed by atoms with Crippen LogP contribution < -0.4 is 0 Å². The Morgan fingerprint density at radius 2 is 2.60 bits per heavy atom. The monoisotopic (exact) mass is 223 g/mol. The van der Waals surface area contributed by atoms with Crippen LogP contribution in [0.4, 0.5) is 0 Å². The lowest BCUT2D eigenvalue weighted by molar-refractivity contribution is -0.146. The third kappa shape index (κ3) is 3.23. The highest BCUT2D eigenvalue weighted by atomic mass is 32.2. The number of aromatic nitrogens is 1. The van der Waals surface area contributed by atoms with Gasteiger partial charge in [-0.25, -0.2) is 0 Å². The van der Waals surface area contributed by atoms with Crippen molar-refractivity contribution in [3.05, 3.63) is 30.1 Å². The van der Waals surface area contributed by atoms with E-state index in [9.17, 15) is 4.79 Å². The van der Waals surface area contributed by atoms with E-state index < -0.39 is 0 Å². The number of esters is 1. The van der Waals surface area contributed by atoms with E-state index in [0.717, 1.165) is 23.5 Å². The van der Waals surface area contributed by atoms with Gasteiger partial charge in [0.2, 0.25) is 0 Å². The first-order chi connectivity index (χ1) is 7.34. The zero-order valence-corrected chi connectivity index (χ0v) is 9.20. The van der Waals surface area contributed by atoms with Gasteiger partial charge in [-0.05, 0) is 23.8 Å². The molecule has 1 aliphatic rings. The molecule has 15 heavy (non-hydrogen) atoms. The van der Waals surface area contributed by atoms with Crippen LogP contribution in [0.1, 0.15) is 12.0 Å². The average molecular weight is 223 g/mol. The number of thioether (sulfide) groups is 1. The van der Waals surface area contributed by atoms with Crippen LogP contribution in [0.2, 0.25) is 0 Å². The van der Waals surface area contributed by atoms with Gasteiger partial charge in [0.1, 0.15) is 6.10 Å². The average Bonchev–Trinajstić information content (AvgIpc) is 2.71. The van der Waals surface area contributed by atoms with Crippen molar-refractivity contribution in [2.45, 2.75) is 18.9 Å². The zero-order valence-electron chi connectivity index (χ0n) is 8.39. The molecule has 1 aromatic heterocycles. The summed E-state index contributed by atoms with van der Waals surface area (Å²) in [6.45, 7) is 0. The van der Waals surface area contributed by atoms with Crippen LogP contribution in [0, 0.1) is 0 Å².